The smallest absolute Gasteiger partial charge is 0.246 e. The van der Waals surface area contributed by atoms with Gasteiger partial charge < -0.3 is 15.4 Å². The lowest BCUT2D eigenvalue weighted by Gasteiger charge is -2.28. The normalized spacial score (nSPS) is 18.8. The molecule has 1 unspecified atom stereocenters. The summed E-state index contributed by atoms with van der Waals surface area (Å²) in [4.78, 5) is 21.8. The van der Waals surface area contributed by atoms with Crippen molar-refractivity contribution < 1.29 is 9.53 Å². The number of rotatable bonds is 5. The van der Waals surface area contributed by atoms with Crippen molar-refractivity contribution in [1.82, 2.24) is 14.9 Å². The van der Waals surface area contributed by atoms with E-state index in [1.807, 2.05) is 6.92 Å². The molecule has 1 saturated heterocycles. The maximum Gasteiger partial charge on any atom is 0.246 e. The number of nitrogens with zero attached hydrogens (tertiary/aromatic N) is 3. The number of nitrogen functional groups attached to an aromatic ring is 1. The minimum absolute atomic E-state index is 0.0245. The van der Waals surface area contributed by atoms with Crippen LogP contribution in [0.5, 0.6) is 0 Å². The minimum Gasteiger partial charge on any atom is -0.376 e. The molecule has 1 aliphatic heterocycles. The first kappa shape index (κ1) is 15.4. The first-order valence-corrected chi connectivity index (χ1v) is 7.35. The molecule has 1 fully saturated rings. The van der Waals surface area contributed by atoms with Gasteiger partial charge in [0.05, 0.1) is 6.10 Å². The highest BCUT2D eigenvalue weighted by atomic mass is 16.5. The average molecular weight is 290 g/mol. The van der Waals surface area contributed by atoms with E-state index < -0.39 is 0 Å². The number of ether oxygens (including phenoxy) is 1. The molecule has 0 aliphatic carbocycles. The highest BCUT2D eigenvalue weighted by Crippen LogP contribution is 2.14. The Morgan fingerprint density at radius 3 is 2.86 bits per heavy atom. The monoisotopic (exact) mass is 290 g/mol. The molecular weight excluding hydrogens is 268 g/mol. The third kappa shape index (κ3) is 4.82. The molecule has 6 heteroatoms. The van der Waals surface area contributed by atoms with Gasteiger partial charge in [0.2, 0.25) is 11.9 Å². The molecule has 2 N–H and O–H groups in total. The maximum atomic E-state index is 12.2. The second-order valence-electron chi connectivity index (χ2n) is 5.07. The second-order valence-corrected chi connectivity index (χ2v) is 5.07. The average Bonchev–Trinajstić information content (AvgIpc) is 2.52. The van der Waals surface area contributed by atoms with Crippen molar-refractivity contribution in [3.63, 3.8) is 0 Å². The molecule has 0 bridgehead atoms. The first-order valence-electron chi connectivity index (χ1n) is 7.35. The first-order chi connectivity index (χ1) is 10.2. The van der Waals surface area contributed by atoms with Crippen molar-refractivity contribution in [2.75, 3.05) is 25.4 Å². The van der Waals surface area contributed by atoms with Crippen LogP contribution in [-0.2, 0) is 9.53 Å². The highest BCUT2D eigenvalue weighted by Gasteiger charge is 2.19. The van der Waals surface area contributed by atoms with Gasteiger partial charge in [0.1, 0.15) is 0 Å². The largest absolute Gasteiger partial charge is 0.376 e. The van der Waals surface area contributed by atoms with Crippen LogP contribution in [0.3, 0.4) is 0 Å². The van der Waals surface area contributed by atoms with Gasteiger partial charge in [-0.05, 0) is 32.3 Å². The Bertz CT molecular complexity index is 481. The van der Waals surface area contributed by atoms with Crippen molar-refractivity contribution in [1.29, 1.82) is 0 Å². The molecular formula is C15H22N4O2. The maximum absolute atomic E-state index is 12.2. The summed E-state index contributed by atoms with van der Waals surface area (Å²) in [6.07, 6.45) is 9.91. The van der Waals surface area contributed by atoms with E-state index in [9.17, 15) is 4.79 Å². The van der Waals surface area contributed by atoms with E-state index in [4.69, 9.17) is 10.5 Å². The Labute approximate surface area is 125 Å². The molecule has 0 aromatic carbocycles. The van der Waals surface area contributed by atoms with Gasteiger partial charge in [0, 0.05) is 43.7 Å². The van der Waals surface area contributed by atoms with Crippen molar-refractivity contribution in [2.45, 2.75) is 32.3 Å². The number of carbonyl (C=O) groups excluding carboxylic acids is 1. The predicted molar refractivity (Wildman–Crippen MR) is 81.3 cm³/mol. The van der Waals surface area contributed by atoms with Crippen molar-refractivity contribution >= 4 is 17.9 Å². The van der Waals surface area contributed by atoms with E-state index in [2.05, 4.69) is 9.97 Å². The third-order valence-electron chi connectivity index (χ3n) is 3.50. The Morgan fingerprint density at radius 2 is 2.24 bits per heavy atom. The summed E-state index contributed by atoms with van der Waals surface area (Å²) < 4.78 is 5.68. The fourth-order valence-corrected chi connectivity index (χ4v) is 2.28. The van der Waals surface area contributed by atoms with Gasteiger partial charge in [0.25, 0.3) is 0 Å². The molecule has 6 nitrogen and oxygen atoms in total. The molecule has 1 aliphatic rings. The van der Waals surface area contributed by atoms with Gasteiger partial charge in [0.15, 0.2) is 0 Å². The van der Waals surface area contributed by atoms with Crippen LogP contribution < -0.4 is 5.73 Å². The van der Waals surface area contributed by atoms with E-state index in [1.54, 1.807) is 29.4 Å². The van der Waals surface area contributed by atoms with Crippen molar-refractivity contribution in [3.8, 4) is 0 Å². The lowest BCUT2D eigenvalue weighted by Crippen LogP contribution is -2.38. The Kier molecular flexibility index (Phi) is 5.68. The summed E-state index contributed by atoms with van der Waals surface area (Å²) in [6, 6.07) is 0. The number of likely N-dealkylation sites (N-methyl/N-ethyl adjacent to an activating group) is 1. The molecule has 21 heavy (non-hydrogen) atoms. The van der Waals surface area contributed by atoms with Crippen LogP contribution in [-0.4, -0.2) is 46.6 Å². The Morgan fingerprint density at radius 1 is 1.48 bits per heavy atom. The van der Waals surface area contributed by atoms with E-state index in [0.29, 0.717) is 13.1 Å². The van der Waals surface area contributed by atoms with E-state index in [1.165, 1.54) is 6.42 Å². The van der Waals surface area contributed by atoms with Gasteiger partial charge in [-0.2, -0.15) is 0 Å². The van der Waals surface area contributed by atoms with Crippen LogP contribution in [0.1, 0.15) is 31.7 Å². The summed E-state index contributed by atoms with van der Waals surface area (Å²) in [5, 5.41) is 0. The Balaban J connectivity index is 1.91. The van der Waals surface area contributed by atoms with Crippen molar-refractivity contribution in [2.24, 2.45) is 0 Å². The van der Waals surface area contributed by atoms with Crippen LogP contribution in [0.4, 0.5) is 5.95 Å². The molecule has 0 saturated carbocycles. The second kappa shape index (κ2) is 7.73. The molecule has 0 spiro atoms. The van der Waals surface area contributed by atoms with Gasteiger partial charge in [-0.25, -0.2) is 9.97 Å². The molecule has 1 amide bonds. The van der Waals surface area contributed by atoms with Crippen LogP contribution in [0.2, 0.25) is 0 Å². The Hall–Kier alpha value is -1.95. The van der Waals surface area contributed by atoms with Crippen LogP contribution in [0, 0.1) is 0 Å². The molecule has 1 aromatic heterocycles. The fourth-order valence-electron chi connectivity index (χ4n) is 2.28. The molecule has 1 aromatic rings. The van der Waals surface area contributed by atoms with Crippen molar-refractivity contribution in [3.05, 3.63) is 24.0 Å². The lowest BCUT2D eigenvalue weighted by atomic mass is 10.1. The van der Waals surface area contributed by atoms with E-state index in [-0.39, 0.29) is 18.0 Å². The van der Waals surface area contributed by atoms with E-state index >= 15 is 0 Å². The minimum atomic E-state index is -0.0245. The van der Waals surface area contributed by atoms with E-state index in [0.717, 1.165) is 25.0 Å². The predicted octanol–water partition coefficient (Wildman–Crippen LogP) is 1.49. The zero-order valence-corrected chi connectivity index (χ0v) is 12.4. The van der Waals surface area contributed by atoms with Crippen LogP contribution in [0.15, 0.2) is 18.5 Å². The van der Waals surface area contributed by atoms with Gasteiger partial charge in [-0.1, -0.05) is 0 Å². The van der Waals surface area contributed by atoms with Gasteiger partial charge in [-0.15, -0.1) is 0 Å². The number of hydrogen-bond acceptors (Lipinski definition) is 5. The quantitative estimate of drug-likeness (QED) is 0.831. The summed E-state index contributed by atoms with van der Waals surface area (Å²) in [5.74, 6) is 0.201. The zero-order valence-electron chi connectivity index (χ0n) is 12.4. The molecule has 2 heterocycles. The SMILES string of the molecule is CCN(CC1CCCCO1)C(=O)/C=C/c1cnc(N)nc1. The highest BCUT2D eigenvalue weighted by molar-refractivity contribution is 5.91. The molecule has 0 radical (unpaired) electrons. The van der Waals surface area contributed by atoms with Crippen LogP contribution in [0.25, 0.3) is 6.08 Å². The topological polar surface area (TPSA) is 81.3 Å². The molecule has 1 atom stereocenters. The fraction of sp³-hybridized carbons (Fsp3) is 0.533. The summed E-state index contributed by atoms with van der Waals surface area (Å²) in [5.41, 5.74) is 6.17. The summed E-state index contributed by atoms with van der Waals surface area (Å²) in [7, 11) is 0. The molecule has 2 rings (SSSR count). The zero-order chi connectivity index (χ0) is 15.1. The van der Waals surface area contributed by atoms with Gasteiger partial charge >= 0.3 is 0 Å². The van der Waals surface area contributed by atoms with Crippen LogP contribution >= 0.6 is 0 Å². The number of nitrogens with two attached hydrogens (primary N) is 1. The number of aromatic nitrogens is 2. The lowest BCUT2D eigenvalue weighted by molar-refractivity contribution is -0.128. The summed E-state index contributed by atoms with van der Waals surface area (Å²) in [6.45, 7) is 4.09. The number of amides is 1. The number of carbonyl (C=O) groups is 1. The standard InChI is InChI=1S/C15H22N4O2/c1-2-19(11-13-5-3-4-8-21-13)14(20)7-6-12-9-17-15(16)18-10-12/h6-7,9-10,13H,2-5,8,11H2,1H3,(H2,16,17,18)/b7-6+. The molecule has 114 valence electrons. The summed E-state index contributed by atoms with van der Waals surface area (Å²) >= 11 is 0. The number of hydrogen-bond donors (Lipinski definition) is 1. The van der Waals surface area contributed by atoms with Gasteiger partial charge in [-0.3, -0.25) is 4.79 Å². The third-order valence-corrected chi connectivity index (χ3v) is 3.50. The number of anilines is 1.